The van der Waals surface area contributed by atoms with Crippen LogP contribution >= 0.6 is 27.5 Å². The van der Waals surface area contributed by atoms with E-state index in [1.54, 1.807) is 42.5 Å². The minimum absolute atomic E-state index is 0.0337. The lowest BCUT2D eigenvalue weighted by Crippen LogP contribution is -2.55. The average molecular weight is 723 g/mol. The summed E-state index contributed by atoms with van der Waals surface area (Å²) >= 11 is 9.67. The zero-order valence-electron chi connectivity index (χ0n) is 25.4. The molecular formula is C36H37BrClN3O4S. The number of benzene rings is 4. The predicted octanol–water partition coefficient (Wildman–Crippen LogP) is 7.39. The number of nitrogens with one attached hydrogen (secondary N) is 1. The molecule has 1 aliphatic carbocycles. The van der Waals surface area contributed by atoms with Gasteiger partial charge in [-0.2, -0.15) is 0 Å². The van der Waals surface area contributed by atoms with Crippen molar-refractivity contribution < 1.29 is 18.0 Å². The van der Waals surface area contributed by atoms with Crippen LogP contribution < -0.4 is 9.62 Å². The molecule has 1 aliphatic rings. The second-order valence-electron chi connectivity index (χ2n) is 11.5. The Morgan fingerprint density at radius 2 is 1.46 bits per heavy atom. The lowest BCUT2D eigenvalue weighted by Gasteiger charge is -2.35. The van der Waals surface area contributed by atoms with Gasteiger partial charge in [-0.05, 0) is 72.5 Å². The van der Waals surface area contributed by atoms with E-state index in [0.717, 1.165) is 52.0 Å². The smallest absolute Gasteiger partial charge is 0.264 e. The molecule has 1 N–H and O–H groups in total. The number of rotatable bonds is 12. The Morgan fingerprint density at radius 1 is 0.826 bits per heavy atom. The summed E-state index contributed by atoms with van der Waals surface area (Å²) < 4.78 is 30.1. The van der Waals surface area contributed by atoms with E-state index >= 15 is 0 Å². The minimum Gasteiger partial charge on any atom is -0.352 e. The number of nitrogens with zero attached hydrogens (tertiary/aromatic N) is 2. The number of carbonyl (C=O) groups is 2. The molecule has 0 radical (unpaired) electrons. The SMILES string of the molecule is O=C(NC1CCCCC1)[C@@H](Cc1ccccc1)N(Cc1cccc(Br)c1)C(=O)CN(c1ccc(Cl)cc1)S(=O)(=O)c1ccccc1. The van der Waals surface area contributed by atoms with E-state index in [1.807, 2.05) is 54.6 Å². The van der Waals surface area contributed by atoms with Crippen LogP contribution in [0.25, 0.3) is 0 Å². The lowest BCUT2D eigenvalue weighted by molar-refractivity contribution is -0.140. The van der Waals surface area contributed by atoms with Crippen molar-refractivity contribution in [3.63, 3.8) is 0 Å². The van der Waals surface area contributed by atoms with Crippen LogP contribution in [0.3, 0.4) is 0 Å². The van der Waals surface area contributed by atoms with Crippen molar-refractivity contribution in [2.45, 2.75) is 62.0 Å². The maximum atomic E-state index is 14.6. The Kier molecular flexibility index (Phi) is 11.5. The number of sulfonamides is 1. The second-order valence-corrected chi connectivity index (χ2v) is 14.7. The Morgan fingerprint density at radius 3 is 2.11 bits per heavy atom. The van der Waals surface area contributed by atoms with E-state index in [0.29, 0.717) is 5.02 Å². The summed E-state index contributed by atoms with van der Waals surface area (Å²) in [5, 5.41) is 3.67. The maximum absolute atomic E-state index is 14.6. The van der Waals surface area contributed by atoms with Crippen molar-refractivity contribution in [3.05, 3.63) is 130 Å². The Balaban J connectivity index is 1.55. The van der Waals surface area contributed by atoms with E-state index in [2.05, 4.69) is 21.2 Å². The fourth-order valence-electron chi connectivity index (χ4n) is 5.79. The van der Waals surface area contributed by atoms with Crippen LogP contribution in [0.4, 0.5) is 5.69 Å². The van der Waals surface area contributed by atoms with Crippen molar-refractivity contribution in [3.8, 4) is 0 Å². The van der Waals surface area contributed by atoms with Gasteiger partial charge in [-0.25, -0.2) is 8.42 Å². The van der Waals surface area contributed by atoms with Crippen LogP contribution in [-0.2, 0) is 32.6 Å². The van der Waals surface area contributed by atoms with Crippen molar-refractivity contribution in [1.82, 2.24) is 10.2 Å². The Hall–Kier alpha value is -3.66. The zero-order valence-corrected chi connectivity index (χ0v) is 28.6. The van der Waals surface area contributed by atoms with Crippen molar-refractivity contribution >= 4 is 55.1 Å². The lowest BCUT2D eigenvalue weighted by atomic mass is 9.94. The van der Waals surface area contributed by atoms with E-state index in [1.165, 1.54) is 17.0 Å². The molecule has 0 bridgehead atoms. The third-order valence-electron chi connectivity index (χ3n) is 8.19. The first kappa shape index (κ1) is 33.7. The van der Waals surface area contributed by atoms with Crippen LogP contribution in [0.1, 0.15) is 43.2 Å². The molecule has 4 aromatic rings. The topological polar surface area (TPSA) is 86.8 Å². The van der Waals surface area contributed by atoms with Gasteiger partial charge >= 0.3 is 0 Å². The summed E-state index contributed by atoms with van der Waals surface area (Å²) in [6.45, 7) is -0.414. The maximum Gasteiger partial charge on any atom is 0.264 e. The zero-order chi connectivity index (χ0) is 32.5. The van der Waals surface area contributed by atoms with Gasteiger partial charge < -0.3 is 10.2 Å². The highest BCUT2D eigenvalue weighted by Gasteiger charge is 2.35. The van der Waals surface area contributed by atoms with Crippen LogP contribution in [-0.4, -0.2) is 43.8 Å². The summed E-state index contributed by atoms with van der Waals surface area (Å²) in [7, 11) is -4.17. The largest absolute Gasteiger partial charge is 0.352 e. The van der Waals surface area contributed by atoms with E-state index in [-0.39, 0.29) is 35.5 Å². The van der Waals surface area contributed by atoms with Gasteiger partial charge in [0.05, 0.1) is 10.6 Å². The van der Waals surface area contributed by atoms with Gasteiger partial charge in [0, 0.05) is 28.5 Å². The van der Waals surface area contributed by atoms with Gasteiger partial charge in [0.1, 0.15) is 12.6 Å². The first-order valence-corrected chi connectivity index (χ1v) is 18.0. The van der Waals surface area contributed by atoms with Gasteiger partial charge in [-0.15, -0.1) is 0 Å². The quantitative estimate of drug-likeness (QED) is 0.165. The Bertz CT molecular complexity index is 1720. The number of hydrogen-bond acceptors (Lipinski definition) is 4. The highest BCUT2D eigenvalue weighted by molar-refractivity contribution is 9.10. The molecule has 0 spiro atoms. The first-order valence-electron chi connectivity index (χ1n) is 15.4. The van der Waals surface area contributed by atoms with Crippen LogP contribution in [0, 0.1) is 0 Å². The number of carbonyl (C=O) groups excluding carboxylic acids is 2. The normalized spacial score (nSPS) is 14.3. The minimum atomic E-state index is -4.17. The van der Waals surface area contributed by atoms with E-state index < -0.39 is 28.5 Å². The van der Waals surface area contributed by atoms with E-state index in [9.17, 15) is 18.0 Å². The third-order valence-corrected chi connectivity index (χ3v) is 10.7. The predicted molar refractivity (Wildman–Crippen MR) is 186 cm³/mol. The molecule has 10 heteroatoms. The van der Waals surface area contributed by atoms with Crippen molar-refractivity contribution in [2.24, 2.45) is 0 Å². The average Bonchev–Trinajstić information content (AvgIpc) is 3.07. The summed E-state index contributed by atoms with van der Waals surface area (Å²) in [6.07, 6.45) is 5.28. The molecule has 0 aliphatic heterocycles. The monoisotopic (exact) mass is 721 g/mol. The first-order chi connectivity index (χ1) is 22.2. The van der Waals surface area contributed by atoms with Gasteiger partial charge in [0.2, 0.25) is 11.8 Å². The number of halogens is 2. The molecule has 1 saturated carbocycles. The standard InChI is InChI=1S/C36H37BrClN3O4S/c37-29-14-10-13-28(23-29)25-40(34(24-27-11-4-1-5-12-27)36(43)39-31-15-6-2-7-16-31)35(42)26-41(32-21-19-30(38)20-22-32)46(44,45)33-17-8-3-9-18-33/h1,3-5,8-14,17-23,31,34H,2,6-7,15-16,24-26H2,(H,39,43)/t34-/m1/s1. The molecule has 4 aromatic carbocycles. The summed E-state index contributed by atoms with van der Waals surface area (Å²) in [5.41, 5.74) is 1.98. The molecule has 7 nitrogen and oxygen atoms in total. The van der Waals surface area contributed by atoms with Crippen LogP contribution in [0.2, 0.25) is 5.02 Å². The Labute approximate surface area is 284 Å². The summed E-state index contributed by atoms with van der Waals surface area (Å²) in [6, 6.07) is 30.6. The third kappa shape index (κ3) is 8.78. The molecule has 240 valence electrons. The fourth-order valence-corrected chi connectivity index (χ4v) is 7.79. The molecule has 46 heavy (non-hydrogen) atoms. The van der Waals surface area contributed by atoms with Crippen LogP contribution in [0.15, 0.2) is 119 Å². The number of anilines is 1. The van der Waals surface area contributed by atoms with Gasteiger partial charge in [-0.1, -0.05) is 107 Å². The molecule has 5 rings (SSSR count). The van der Waals surface area contributed by atoms with Crippen LogP contribution in [0.5, 0.6) is 0 Å². The molecule has 0 unspecified atom stereocenters. The number of amides is 2. The fraction of sp³-hybridized carbons (Fsp3) is 0.278. The summed E-state index contributed by atoms with van der Waals surface area (Å²) in [5.74, 6) is -0.753. The molecule has 0 saturated heterocycles. The highest BCUT2D eigenvalue weighted by atomic mass is 79.9. The molecular weight excluding hydrogens is 686 g/mol. The summed E-state index contributed by atoms with van der Waals surface area (Å²) in [4.78, 5) is 30.3. The van der Waals surface area contributed by atoms with Gasteiger partial charge in [-0.3, -0.25) is 13.9 Å². The molecule has 0 aromatic heterocycles. The van der Waals surface area contributed by atoms with Gasteiger partial charge in [0.25, 0.3) is 10.0 Å². The highest BCUT2D eigenvalue weighted by Crippen LogP contribution is 2.27. The molecule has 1 fully saturated rings. The van der Waals surface area contributed by atoms with E-state index in [4.69, 9.17) is 11.6 Å². The number of hydrogen-bond donors (Lipinski definition) is 1. The second kappa shape index (κ2) is 15.8. The van der Waals surface area contributed by atoms with Gasteiger partial charge in [0.15, 0.2) is 0 Å². The van der Waals surface area contributed by atoms with Crippen molar-refractivity contribution in [1.29, 1.82) is 0 Å². The molecule has 1 atom stereocenters. The molecule has 2 amide bonds. The van der Waals surface area contributed by atoms with Crippen molar-refractivity contribution in [2.75, 3.05) is 10.8 Å². The molecule has 0 heterocycles.